The minimum atomic E-state index is -0.712. The SMILES string of the molecule is CC1(C)CC(C)(C)CC2(C1)NC(C(=O)O)CS2. The summed E-state index contributed by atoms with van der Waals surface area (Å²) >= 11 is 1.81. The first-order chi connectivity index (χ1) is 7.63. The molecule has 4 heteroatoms. The molecule has 2 N–H and O–H groups in total. The number of aliphatic carboxylic acids is 1. The predicted molar refractivity (Wildman–Crippen MR) is 71.2 cm³/mol. The summed E-state index contributed by atoms with van der Waals surface area (Å²) in [6.07, 6.45) is 3.34. The molecule has 0 aromatic rings. The van der Waals surface area contributed by atoms with Crippen LogP contribution in [-0.2, 0) is 4.79 Å². The average Bonchev–Trinajstić information content (AvgIpc) is 2.41. The van der Waals surface area contributed by atoms with Crippen LogP contribution in [0.1, 0.15) is 47.0 Å². The van der Waals surface area contributed by atoms with E-state index in [9.17, 15) is 4.79 Å². The second-order valence-electron chi connectivity index (χ2n) is 7.20. The molecule has 1 saturated carbocycles. The standard InChI is InChI=1S/C13H23NO2S/c1-11(2)6-12(3,4)8-13(7-11)14-9(5-17-13)10(15)16/h9,14H,5-8H2,1-4H3,(H,15,16). The number of carbonyl (C=O) groups is 1. The van der Waals surface area contributed by atoms with Crippen LogP contribution in [0.25, 0.3) is 0 Å². The molecule has 0 aromatic heterocycles. The largest absolute Gasteiger partial charge is 0.480 e. The molecule has 1 saturated heterocycles. The summed E-state index contributed by atoms with van der Waals surface area (Å²) in [5, 5.41) is 12.5. The van der Waals surface area contributed by atoms with Crippen LogP contribution in [0, 0.1) is 10.8 Å². The molecule has 2 rings (SSSR count). The maximum atomic E-state index is 11.1. The molecule has 1 aliphatic heterocycles. The number of carboxylic acids is 1. The normalized spacial score (nSPS) is 33.8. The Morgan fingerprint density at radius 3 is 2.12 bits per heavy atom. The van der Waals surface area contributed by atoms with E-state index in [4.69, 9.17) is 5.11 Å². The van der Waals surface area contributed by atoms with E-state index in [2.05, 4.69) is 33.0 Å². The summed E-state index contributed by atoms with van der Waals surface area (Å²) < 4.78 is 0. The van der Waals surface area contributed by atoms with E-state index in [1.165, 1.54) is 6.42 Å². The lowest BCUT2D eigenvalue weighted by atomic mass is 9.63. The Hall–Kier alpha value is -0.220. The summed E-state index contributed by atoms with van der Waals surface area (Å²) in [6.45, 7) is 9.19. The van der Waals surface area contributed by atoms with Gasteiger partial charge in [-0.1, -0.05) is 27.7 Å². The van der Waals surface area contributed by atoms with Gasteiger partial charge in [0.1, 0.15) is 6.04 Å². The number of nitrogens with one attached hydrogen (secondary N) is 1. The van der Waals surface area contributed by atoms with E-state index in [-0.39, 0.29) is 21.7 Å². The zero-order valence-electron chi connectivity index (χ0n) is 11.2. The van der Waals surface area contributed by atoms with Crippen molar-refractivity contribution in [3.63, 3.8) is 0 Å². The van der Waals surface area contributed by atoms with Crippen molar-refractivity contribution in [3.05, 3.63) is 0 Å². The van der Waals surface area contributed by atoms with Crippen molar-refractivity contribution in [3.8, 4) is 0 Å². The molecule has 1 aliphatic carbocycles. The van der Waals surface area contributed by atoms with Gasteiger partial charge in [-0.25, -0.2) is 0 Å². The van der Waals surface area contributed by atoms with Gasteiger partial charge in [-0.2, -0.15) is 0 Å². The molecule has 1 spiro atoms. The number of hydrogen-bond acceptors (Lipinski definition) is 3. The van der Waals surface area contributed by atoms with Gasteiger partial charge in [0, 0.05) is 5.75 Å². The van der Waals surface area contributed by atoms with Crippen LogP contribution in [-0.4, -0.2) is 27.7 Å². The molecule has 2 fully saturated rings. The molecule has 0 radical (unpaired) electrons. The van der Waals surface area contributed by atoms with Crippen molar-refractivity contribution < 1.29 is 9.90 Å². The zero-order valence-corrected chi connectivity index (χ0v) is 12.0. The van der Waals surface area contributed by atoms with E-state index in [1.807, 2.05) is 11.8 Å². The maximum Gasteiger partial charge on any atom is 0.321 e. The number of carboxylic acid groups (broad SMARTS) is 1. The minimum absolute atomic E-state index is 0.0195. The molecule has 17 heavy (non-hydrogen) atoms. The molecule has 1 atom stereocenters. The summed E-state index contributed by atoms with van der Waals surface area (Å²) in [5.74, 6) is -0.0165. The summed E-state index contributed by atoms with van der Waals surface area (Å²) in [6, 6.07) is -0.371. The summed E-state index contributed by atoms with van der Waals surface area (Å²) in [5.41, 5.74) is 0.574. The number of rotatable bonds is 1. The average molecular weight is 257 g/mol. The fraction of sp³-hybridized carbons (Fsp3) is 0.923. The monoisotopic (exact) mass is 257 g/mol. The lowest BCUT2D eigenvalue weighted by Gasteiger charge is -2.50. The summed E-state index contributed by atoms with van der Waals surface area (Å²) in [7, 11) is 0. The van der Waals surface area contributed by atoms with Crippen molar-refractivity contribution in [2.24, 2.45) is 10.8 Å². The van der Waals surface area contributed by atoms with Gasteiger partial charge in [-0.15, -0.1) is 11.8 Å². The van der Waals surface area contributed by atoms with Crippen LogP contribution in [0.2, 0.25) is 0 Å². The smallest absolute Gasteiger partial charge is 0.321 e. The highest BCUT2D eigenvalue weighted by Crippen LogP contribution is 2.55. The van der Waals surface area contributed by atoms with Crippen molar-refractivity contribution in [2.75, 3.05) is 5.75 Å². The van der Waals surface area contributed by atoms with E-state index >= 15 is 0 Å². The lowest BCUT2D eigenvalue weighted by molar-refractivity contribution is -0.139. The molecule has 1 heterocycles. The molecule has 0 amide bonds. The van der Waals surface area contributed by atoms with Crippen LogP contribution in [0.4, 0.5) is 0 Å². The van der Waals surface area contributed by atoms with Gasteiger partial charge in [-0.05, 0) is 30.1 Å². The highest BCUT2D eigenvalue weighted by atomic mass is 32.2. The van der Waals surface area contributed by atoms with Crippen LogP contribution in [0.5, 0.6) is 0 Å². The van der Waals surface area contributed by atoms with Crippen LogP contribution in [0.15, 0.2) is 0 Å². The fourth-order valence-electron chi connectivity index (χ4n) is 4.01. The van der Waals surface area contributed by atoms with Gasteiger partial charge in [0.05, 0.1) is 4.87 Å². The Morgan fingerprint density at radius 2 is 1.71 bits per heavy atom. The van der Waals surface area contributed by atoms with Crippen molar-refractivity contribution >= 4 is 17.7 Å². The Morgan fingerprint density at radius 1 is 1.18 bits per heavy atom. The third-order valence-electron chi connectivity index (χ3n) is 3.75. The number of thioether (sulfide) groups is 1. The van der Waals surface area contributed by atoms with Crippen molar-refractivity contribution in [2.45, 2.75) is 57.9 Å². The van der Waals surface area contributed by atoms with Crippen LogP contribution >= 0.6 is 11.8 Å². The quantitative estimate of drug-likeness (QED) is 0.758. The predicted octanol–water partition coefficient (Wildman–Crippen LogP) is 2.71. The van der Waals surface area contributed by atoms with E-state index in [1.54, 1.807) is 0 Å². The second-order valence-corrected chi connectivity index (χ2v) is 8.60. The molecule has 2 aliphatic rings. The molecular weight excluding hydrogens is 234 g/mol. The highest BCUT2D eigenvalue weighted by Gasteiger charge is 2.52. The van der Waals surface area contributed by atoms with Gasteiger partial charge >= 0.3 is 5.97 Å². The highest BCUT2D eigenvalue weighted by molar-refractivity contribution is 8.01. The zero-order chi connectivity index (χ0) is 12.9. The Labute approximate surface area is 108 Å². The van der Waals surface area contributed by atoms with Gasteiger partial charge in [0.2, 0.25) is 0 Å². The van der Waals surface area contributed by atoms with E-state index in [0.29, 0.717) is 5.75 Å². The molecule has 0 bridgehead atoms. The summed E-state index contributed by atoms with van der Waals surface area (Å²) in [4.78, 5) is 11.1. The molecular formula is C13H23NO2S. The third kappa shape index (κ3) is 2.79. The van der Waals surface area contributed by atoms with Crippen molar-refractivity contribution in [1.29, 1.82) is 0 Å². The van der Waals surface area contributed by atoms with E-state index in [0.717, 1.165) is 12.8 Å². The first-order valence-corrected chi connectivity index (χ1v) is 7.26. The van der Waals surface area contributed by atoms with Gasteiger partial charge < -0.3 is 5.11 Å². The molecule has 3 nitrogen and oxygen atoms in total. The maximum absolute atomic E-state index is 11.1. The first-order valence-electron chi connectivity index (χ1n) is 6.28. The van der Waals surface area contributed by atoms with Crippen LogP contribution in [0.3, 0.4) is 0 Å². The van der Waals surface area contributed by atoms with Gasteiger partial charge in [0.15, 0.2) is 0 Å². The van der Waals surface area contributed by atoms with Crippen LogP contribution < -0.4 is 5.32 Å². The number of hydrogen-bond donors (Lipinski definition) is 2. The van der Waals surface area contributed by atoms with Crippen molar-refractivity contribution in [1.82, 2.24) is 5.32 Å². The fourth-order valence-corrected chi connectivity index (χ4v) is 5.93. The Kier molecular flexibility index (Phi) is 3.02. The lowest BCUT2D eigenvalue weighted by Crippen LogP contribution is -2.53. The molecule has 98 valence electrons. The molecule has 1 unspecified atom stereocenters. The first kappa shape index (κ1) is 13.2. The second kappa shape index (κ2) is 3.89. The minimum Gasteiger partial charge on any atom is -0.480 e. The molecule has 0 aromatic carbocycles. The Bertz CT molecular complexity index is 322. The van der Waals surface area contributed by atoms with E-state index < -0.39 is 5.97 Å². The Balaban J connectivity index is 2.18. The van der Waals surface area contributed by atoms with Gasteiger partial charge in [0.25, 0.3) is 0 Å². The third-order valence-corrected chi connectivity index (χ3v) is 5.21. The van der Waals surface area contributed by atoms with Gasteiger partial charge in [-0.3, -0.25) is 10.1 Å². The topological polar surface area (TPSA) is 49.3 Å².